The first-order valence-corrected chi connectivity index (χ1v) is 10.5. The zero-order chi connectivity index (χ0) is 13.7. The Labute approximate surface area is 117 Å². The van der Waals surface area contributed by atoms with E-state index in [1.807, 2.05) is 13.8 Å². The van der Waals surface area contributed by atoms with Crippen LogP contribution in [0.2, 0.25) is 0 Å². The summed E-state index contributed by atoms with van der Waals surface area (Å²) in [5, 5.41) is 0. The van der Waals surface area contributed by atoms with E-state index in [0.29, 0.717) is 19.4 Å². The van der Waals surface area contributed by atoms with Crippen LogP contribution in [0.3, 0.4) is 0 Å². The average Bonchev–Trinajstić information content (AvgIpc) is 2.80. The van der Waals surface area contributed by atoms with E-state index in [4.69, 9.17) is 9.05 Å². The summed E-state index contributed by atoms with van der Waals surface area (Å²) in [6, 6.07) is 8.62. The molecule has 0 aliphatic carbocycles. The highest BCUT2D eigenvalue weighted by Crippen LogP contribution is 2.55. The lowest BCUT2D eigenvalue weighted by molar-refractivity contribution is 0.221. The molecule has 5 heteroatoms. The minimum absolute atomic E-state index is 0.0900. The summed E-state index contributed by atoms with van der Waals surface area (Å²) in [5.74, 6) is 0. The van der Waals surface area contributed by atoms with E-state index in [1.165, 1.54) is 11.1 Å². The average molecular weight is 300 g/mol. The van der Waals surface area contributed by atoms with Crippen LogP contribution in [0.15, 0.2) is 24.3 Å². The van der Waals surface area contributed by atoms with Crippen LogP contribution in [0, 0.1) is 0 Å². The maximum absolute atomic E-state index is 12.4. The van der Waals surface area contributed by atoms with Crippen LogP contribution < -0.4 is 0 Å². The highest BCUT2D eigenvalue weighted by molar-refractivity contribution is 7.59. The van der Waals surface area contributed by atoms with Gasteiger partial charge in [-0.3, -0.25) is 4.57 Å². The molecule has 2 rings (SSSR count). The normalized spacial score (nSPS) is 15.7. The summed E-state index contributed by atoms with van der Waals surface area (Å²) < 4.78 is 23.1. The molecule has 19 heavy (non-hydrogen) atoms. The molecule has 0 atom stereocenters. The maximum atomic E-state index is 12.4. The fraction of sp³-hybridized carbons (Fsp3) is 0.571. The highest BCUT2D eigenvalue weighted by atomic mass is 31.2. The predicted octanol–water partition coefficient (Wildman–Crippen LogP) is 4.45. The van der Waals surface area contributed by atoms with E-state index in [2.05, 4.69) is 24.3 Å². The molecule has 3 nitrogen and oxygen atoms in total. The molecule has 1 aliphatic heterocycles. The van der Waals surface area contributed by atoms with Crippen molar-refractivity contribution in [1.82, 2.24) is 0 Å². The van der Waals surface area contributed by atoms with Gasteiger partial charge in [0, 0.05) is 0 Å². The van der Waals surface area contributed by atoms with Gasteiger partial charge >= 0.3 is 7.60 Å². The van der Waals surface area contributed by atoms with Crippen molar-refractivity contribution >= 4 is 15.5 Å². The summed E-state index contributed by atoms with van der Waals surface area (Å²) in [7, 11) is -2.94. The van der Waals surface area contributed by atoms with Gasteiger partial charge in [0.2, 0.25) is 0 Å². The minimum Gasteiger partial charge on any atom is -0.309 e. The highest BCUT2D eigenvalue weighted by Gasteiger charge is 2.27. The largest absolute Gasteiger partial charge is 0.331 e. The van der Waals surface area contributed by atoms with Crippen LogP contribution in [0.25, 0.3) is 0 Å². The second kappa shape index (κ2) is 6.99. The monoisotopic (exact) mass is 300 g/mol. The Balaban J connectivity index is 1.88. The zero-order valence-corrected chi connectivity index (χ0v) is 13.5. The maximum Gasteiger partial charge on any atom is 0.331 e. The second-order valence-electron chi connectivity index (χ2n) is 4.65. The molecule has 0 spiro atoms. The molecule has 1 heterocycles. The van der Waals surface area contributed by atoms with Crippen LogP contribution >= 0.6 is 15.5 Å². The molecule has 106 valence electrons. The number of hydrogen-bond donors (Lipinski definition) is 0. The van der Waals surface area contributed by atoms with Crippen molar-refractivity contribution in [3.63, 3.8) is 0 Å². The number of fused-ring (bicyclic) bond motifs is 1. The first-order chi connectivity index (χ1) is 9.17. The summed E-state index contributed by atoms with van der Waals surface area (Å²) in [5.41, 5.74) is 2.94. The van der Waals surface area contributed by atoms with E-state index in [-0.39, 0.29) is 7.92 Å². The molecule has 1 aromatic rings. The molecular weight excluding hydrogens is 278 g/mol. The summed E-state index contributed by atoms with van der Waals surface area (Å²) in [4.78, 5) is 0. The lowest BCUT2D eigenvalue weighted by Crippen LogP contribution is -2.03. The van der Waals surface area contributed by atoms with Crippen molar-refractivity contribution in [2.45, 2.75) is 26.2 Å². The smallest absolute Gasteiger partial charge is 0.309 e. The van der Waals surface area contributed by atoms with Gasteiger partial charge in [-0.2, -0.15) is 0 Å². The van der Waals surface area contributed by atoms with E-state index in [1.54, 1.807) is 0 Å². The Morgan fingerprint density at radius 3 is 2.11 bits per heavy atom. The topological polar surface area (TPSA) is 35.5 Å². The minimum atomic E-state index is -2.85. The van der Waals surface area contributed by atoms with Crippen LogP contribution in [0.1, 0.15) is 25.0 Å². The van der Waals surface area contributed by atoms with Gasteiger partial charge in [0.1, 0.15) is 0 Å². The third-order valence-electron chi connectivity index (χ3n) is 3.25. The molecule has 0 amide bonds. The molecule has 0 N–H and O–H groups in total. The van der Waals surface area contributed by atoms with Gasteiger partial charge in [-0.25, -0.2) is 0 Å². The van der Waals surface area contributed by atoms with Gasteiger partial charge in [-0.15, -0.1) is 0 Å². The first kappa shape index (κ1) is 15.2. The van der Waals surface area contributed by atoms with Crippen LogP contribution in [0.5, 0.6) is 0 Å². The van der Waals surface area contributed by atoms with Crippen molar-refractivity contribution in [2.24, 2.45) is 0 Å². The SMILES string of the molecule is CCOP(=O)(CCP1Cc2ccccc2C1)OCC. The van der Waals surface area contributed by atoms with Gasteiger partial charge in [-0.1, -0.05) is 32.2 Å². The lowest BCUT2D eigenvalue weighted by atomic mass is 10.1. The quantitative estimate of drug-likeness (QED) is 0.698. The molecular formula is C14H22O3P2. The van der Waals surface area contributed by atoms with Crippen LogP contribution in [-0.2, 0) is 25.9 Å². The van der Waals surface area contributed by atoms with E-state index < -0.39 is 7.60 Å². The summed E-state index contributed by atoms with van der Waals surface area (Å²) in [6.07, 6.45) is 3.85. The Morgan fingerprint density at radius 2 is 1.63 bits per heavy atom. The zero-order valence-electron chi connectivity index (χ0n) is 11.7. The van der Waals surface area contributed by atoms with Crippen LogP contribution in [-0.4, -0.2) is 25.5 Å². The summed E-state index contributed by atoms with van der Waals surface area (Å²) in [6.45, 7) is 4.63. The number of benzene rings is 1. The van der Waals surface area contributed by atoms with Gasteiger partial charge in [0.05, 0.1) is 19.4 Å². The van der Waals surface area contributed by atoms with Gasteiger partial charge in [-0.05, 0) is 43.5 Å². The van der Waals surface area contributed by atoms with Crippen LogP contribution in [0.4, 0.5) is 0 Å². The predicted molar refractivity (Wildman–Crippen MR) is 81.4 cm³/mol. The van der Waals surface area contributed by atoms with Gasteiger partial charge < -0.3 is 9.05 Å². The number of rotatable bonds is 7. The second-order valence-corrected chi connectivity index (χ2v) is 9.26. The molecule has 1 aromatic carbocycles. The molecule has 0 aromatic heterocycles. The number of hydrogen-bond acceptors (Lipinski definition) is 3. The molecule has 0 saturated heterocycles. The van der Waals surface area contributed by atoms with Crippen molar-refractivity contribution in [2.75, 3.05) is 25.5 Å². The lowest BCUT2D eigenvalue weighted by Gasteiger charge is -2.18. The molecule has 0 radical (unpaired) electrons. The van der Waals surface area contributed by atoms with Crippen molar-refractivity contribution in [3.8, 4) is 0 Å². The molecule has 1 aliphatic rings. The molecule has 0 bridgehead atoms. The molecule has 0 saturated carbocycles. The van der Waals surface area contributed by atoms with Gasteiger partial charge in [0.15, 0.2) is 0 Å². The Bertz CT molecular complexity index is 427. The third kappa shape index (κ3) is 4.13. The fourth-order valence-electron chi connectivity index (χ4n) is 2.39. The third-order valence-corrected chi connectivity index (χ3v) is 8.11. The van der Waals surface area contributed by atoms with Crippen molar-refractivity contribution in [3.05, 3.63) is 35.4 Å². The standard InChI is InChI=1S/C14H22O3P2/c1-3-16-19(15,17-4-2)10-9-18-11-13-7-5-6-8-14(13)12-18/h5-8H,3-4,9-12H2,1-2H3. The van der Waals surface area contributed by atoms with E-state index >= 15 is 0 Å². The Hall–Kier alpha value is -0.200. The molecule has 0 fully saturated rings. The summed E-state index contributed by atoms with van der Waals surface area (Å²) >= 11 is 0. The fourth-order valence-corrected chi connectivity index (χ4v) is 7.62. The van der Waals surface area contributed by atoms with Gasteiger partial charge in [0.25, 0.3) is 0 Å². The Morgan fingerprint density at radius 1 is 1.11 bits per heavy atom. The van der Waals surface area contributed by atoms with E-state index in [9.17, 15) is 4.57 Å². The Kier molecular flexibility index (Phi) is 5.59. The van der Waals surface area contributed by atoms with E-state index in [0.717, 1.165) is 18.5 Å². The molecule has 0 unspecified atom stereocenters. The van der Waals surface area contributed by atoms with Crippen molar-refractivity contribution in [1.29, 1.82) is 0 Å². The first-order valence-electron chi connectivity index (χ1n) is 6.84. The van der Waals surface area contributed by atoms with Crippen molar-refractivity contribution < 1.29 is 13.6 Å².